The zero-order valence-corrected chi connectivity index (χ0v) is 15.1. The van der Waals surface area contributed by atoms with Gasteiger partial charge in [0, 0.05) is 0 Å². The summed E-state index contributed by atoms with van der Waals surface area (Å²) in [6, 6.07) is -0.833. The number of nitrogens with zero attached hydrogens (tertiary/aromatic N) is 4. The van der Waals surface area contributed by atoms with Crippen molar-refractivity contribution >= 4 is 15.9 Å². The molecule has 0 saturated carbocycles. The summed E-state index contributed by atoms with van der Waals surface area (Å²) in [6.45, 7) is 0. The van der Waals surface area contributed by atoms with Crippen LogP contribution in [-0.2, 0) is 0 Å². The SMILES string of the molecule is NC(N)=O.O=[N+]([O-])O.O=[N+]([O-])O.O=[N+]([O-])O.O=[N+]([O-])[O-].P.[K+]. The van der Waals surface area contributed by atoms with Crippen molar-refractivity contribution in [2.75, 3.05) is 0 Å². The molecule has 0 aliphatic heterocycles. The maximum absolute atomic E-state index is 9.00. The predicted octanol–water partition coefficient (Wildman–Crippen LogP) is -5.20. The van der Waals surface area contributed by atoms with Gasteiger partial charge in [0.25, 0.3) is 15.3 Å². The molecule has 0 rings (SSSR count). The number of hydrogen-bond donors (Lipinski definition) is 5. The fraction of sp³-hybridized carbons (Fsp3) is 0. The Morgan fingerprint density at radius 1 is 0.727 bits per heavy atom. The maximum atomic E-state index is 9.00. The van der Waals surface area contributed by atoms with Crippen molar-refractivity contribution in [2.24, 2.45) is 11.5 Å². The van der Waals surface area contributed by atoms with E-state index in [0.717, 1.165) is 0 Å². The number of primary amides is 2. The molecule has 1 unspecified atom stereocenters. The Labute approximate surface area is 164 Å². The van der Waals surface area contributed by atoms with Crippen LogP contribution in [0.3, 0.4) is 0 Å². The van der Waals surface area contributed by atoms with E-state index in [2.05, 4.69) is 11.5 Å². The molecule has 0 saturated heterocycles. The molecular formula is CH10KN6O13P. The molecule has 0 radical (unpaired) electrons. The standard InChI is InChI=1S/CH4N2O.K.3HNO3.NO3.H3P/c2-1(3)4;;4*2-1(3)4;/h(H4,2,3,4);;3*(H,2,3,4);;1H3/q;+1;;;;-1;. The molecule has 0 aromatic rings. The van der Waals surface area contributed by atoms with Crippen molar-refractivity contribution in [3.8, 4) is 0 Å². The summed E-state index contributed by atoms with van der Waals surface area (Å²) in [5.74, 6) is 0. The number of amides is 2. The van der Waals surface area contributed by atoms with Crippen molar-refractivity contribution < 1.29 is 92.1 Å². The van der Waals surface area contributed by atoms with Crippen molar-refractivity contribution in [1.29, 1.82) is 0 Å². The van der Waals surface area contributed by atoms with Crippen LogP contribution in [0.5, 0.6) is 0 Å². The van der Waals surface area contributed by atoms with E-state index in [1.165, 1.54) is 0 Å². The summed E-state index contributed by atoms with van der Waals surface area (Å²) in [5, 5.41) is 55.7. The molecular weight excluding hydrogens is 374 g/mol. The van der Waals surface area contributed by atoms with Gasteiger partial charge in [-0.05, 0) is 0 Å². The van der Waals surface area contributed by atoms with Gasteiger partial charge in [-0.15, -0.1) is 30.3 Å². The van der Waals surface area contributed by atoms with Gasteiger partial charge in [-0.1, -0.05) is 0 Å². The molecule has 0 aromatic carbocycles. The molecule has 0 spiro atoms. The average Bonchev–Trinajstić information content (AvgIpc) is 1.94. The van der Waals surface area contributed by atoms with E-state index in [9.17, 15) is 0 Å². The molecule has 22 heavy (non-hydrogen) atoms. The summed E-state index contributed by atoms with van der Waals surface area (Å²) >= 11 is 0. The van der Waals surface area contributed by atoms with E-state index in [0.29, 0.717) is 0 Å². The first kappa shape index (κ1) is 42.7. The molecule has 1 atom stereocenters. The van der Waals surface area contributed by atoms with Gasteiger partial charge in [-0.2, -0.15) is 9.90 Å². The summed E-state index contributed by atoms with van der Waals surface area (Å²) in [4.78, 5) is 42.3. The van der Waals surface area contributed by atoms with Crippen molar-refractivity contribution in [2.45, 2.75) is 0 Å². The van der Waals surface area contributed by atoms with Gasteiger partial charge >= 0.3 is 57.4 Å². The topological polar surface area (TPSA) is 325 Å². The van der Waals surface area contributed by atoms with Gasteiger partial charge in [-0.3, -0.25) is 0 Å². The second-order valence-electron chi connectivity index (χ2n) is 1.34. The van der Waals surface area contributed by atoms with Gasteiger partial charge in [0.1, 0.15) is 0 Å². The molecule has 128 valence electrons. The Balaban J connectivity index is -0.0000000250. The molecule has 19 nitrogen and oxygen atoms in total. The summed E-state index contributed by atoms with van der Waals surface area (Å²) < 4.78 is 0. The number of carbonyl (C=O) groups excluding carboxylic acids is 1. The van der Waals surface area contributed by atoms with E-state index in [1.54, 1.807) is 0 Å². The number of nitrogens with two attached hydrogens (primary N) is 2. The third-order valence-electron chi connectivity index (χ3n) is 0. The van der Waals surface area contributed by atoms with Crippen LogP contribution in [0.1, 0.15) is 0 Å². The molecule has 2 amide bonds. The van der Waals surface area contributed by atoms with Gasteiger partial charge < -0.3 is 42.4 Å². The Hall–Kier alpha value is -1.86. The largest absolute Gasteiger partial charge is 1.00 e. The van der Waals surface area contributed by atoms with Gasteiger partial charge in [-0.25, -0.2) is 4.79 Å². The van der Waals surface area contributed by atoms with Crippen LogP contribution in [0, 0.1) is 45.7 Å². The van der Waals surface area contributed by atoms with Crippen LogP contribution in [-0.4, -0.2) is 42.0 Å². The monoisotopic (exact) mass is 384 g/mol. The molecule has 7 N–H and O–H groups in total. The van der Waals surface area contributed by atoms with Crippen molar-refractivity contribution in [1.82, 2.24) is 0 Å². The smallest absolute Gasteiger partial charge is 0.356 e. The minimum Gasteiger partial charge on any atom is -0.356 e. The van der Waals surface area contributed by atoms with Gasteiger partial charge in [0.05, 0.1) is 5.09 Å². The molecule has 0 aliphatic rings. The summed E-state index contributed by atoms with van der Waals surface area (Å²) in [5.41, 5.74) is 8.50. The van der Waals surface area contributed by atoms with Crippen molar-refractivity contribution in [3.63, 3.8) is 0 Å². The van der Waals surface area contributed by atoms with Gasteiger partial charge in [0.2, 0.25) is 0 Å². The molecule has 0 aliphatic carbocycles. The normalized spacial score (nSPS) is 5.45. The number of hydrogen-bond acceptors (Lipinski definition) is 10. The van der Waals surface area contributed by atoms with Crippen LogP contribution in [0.15, 0.2) is 0 Å². The predicted molar refractivity (Wildman–Crippen MR) is 61.6 cm³/mol. The third-order valence-corrected chi connectivity index (χ3v) is 0. The molecule has 0 fully saturated rings. The molecule has 21 heteroatoms. The number of urea groups is 1. The van der Waals surface area contributed by atoms with Crippen LogP contribution in [0.2, 0.25) is 0 Å². The zero-order chi connectivity index (χ0) is 17.9. The van der Waals surface area contributed by atoms with E-state index >= 15 is 0 Å². The Morgan fingerprint density at radius 2 is 0.727 bits per heavy atom. The maximum Gasteiger partial charge on any atom is 1.00 e. The number of carbonyl (C=O) groups is 1. The third kappa shape index (κ3) is 1530. The van der Waals surface area contributed by atoms with E-state index < -0.39 is 26.4 Å². The minimum absolute atomic E-state index is 0. The van der Waals surface area contributed by atoms with Crippen LogP contribution in [0.4, 0.5) is 4.79 Å². The van der Waals surface area contributed by atoms with E-state index in [4.69, 9.17) is 66.1 Å². The minimum atomic E-state index is -1.75. The second-order valence-corrected chi connectivity index (χ2v) is 1.34. The van der Waals surface area contributed by atoms with Gasteiger partial charge in [0.15, 0.2) is 0 Å². The van der Waals surface area contributed by atoms with Crippen molar-refractivity contribution in [3.05, 3.63) is 45.7 Å². The fourth-order valence-electron chi connectivity index (χ4n) is 0. The van der Waals surface area contributed by atoms with E-state index in [1.807, 2.05) is 0 Å². The van der Waals surface area contributed by atoms with Crippen LogP contribution in [0.25, 0.3) is 0 Å². The number of rotatable bonds is 0. The first-order valence-corrected chi connectivity index (χ1v) is 3.02. The van der Waals surface area contributed by atoms with E-state index in [-0.39, 0.29) is 61.3 Å². The molecule has 0 heterocycles. The Morgan fingerprint density at radius 3 is 0.727 bits per heavy atom. The quantitative estimate of drug-likeness (QED) is 0.113. The molecule has 0 aromatic heterocycles. The Kier molecular flexibility index (Phi) is 70.8. The summed E-state index contributed by atoms with van der Waals surface area (Å²) in [6.07, 6.45) is 0. The fourth-order valence-corrected chi connectivity index (χ4v) is 0. The first-order valence-electron chi connectivity index (χ1n) is 3.02. The average molecular weight is 384 g/mol. The first-order chi connectivity index (χ1) is 8.66. The Bertz CT molecular complexity index is 219. The second kappa shape index (κ2) is 36.5. The zero-order valence-electron chi connectivity index (χ0n) is 10.6. The van der Waals surface area contributed by atoms with Crippen LogP contribution < -0.4 is 62.9 Å². The summed E-state index contributed by atoms with van der Waals surface area (Å²) in [7, 11) is 0. The van der Waals surface area contributed by atoms with Crippen LogP contribution >= 0.6 is 9.90 Å². The molecule has 0 bridgehead atoms.